The summed E-state index contributed by atoms with van der Waals surface area (Å²) in [5, 5.41) is 6.63. The predicted octanol–water partition coefficient (Wildman–Crippen LogP) is 2.19. The quantitative estimate of drug-likeness (QED) is 0.912. The van der Waals surface area contributed by atoms with Crippen molar-refractivity contribution in [2.24, 2.45) is 0 Å². The van der Waals surface area contributed by atoms with E-state index in [1.54, 1.807) is 25.3 Å². The SMILES string of the molecule is CO[C@@]1(CNC(=O)c2cc(-c3ccco3)on2)CCSC1. The van der Waals surface area contributed by atoms with E-state index in [2.05, 4.69) is 10.5 Å². The van der Waals surface area contributed by atoms with Crippen LogP contribution in [0.1, 0.15) is 16.9 Å². The van der Waals surface area contributed by atoms with Gasteiger partial charge >= 0.3 is 0 Å². The van der Waals surface area contributed by atoms with Crippen LogP contribution in [-0.4, -0.2) is 41.8 Å². The van der Waals surface area contributed by atoms with Gasteiger partial charge in [0.15, 0.2) is 11.5 Å². The molecule has 7 heteroatoms. The molecule has 1 amide bonds. The molecule has 0 saturated carbocycles. The van der Waals surface area contributed by atoms with Crippen LogP contribution < -0.4 is 5.32 Å². The molecule has 1 atom stereocenters. The second-order valence-corrected chi connectivity index (χ2v) is 6.03. The third-order valence-electron chi connectivity index (χ3n) is 3.58. The smallest absolute Gasteiger partial charge is 0.273 e. The fraction of sp³-hybridized carbons (Fsp3) is 0.429. The predicted molar refractivity (Wildman–Crippen MR) is 78.2 cm³/mol. The van der Waals surface area contributed by atoms with Crippen molar-refractivity contribution in [3.63, 3.8) is 0 Å². The molecule has 112 valence electrons. The molecule has 0 aromatic carbocycles. The number of ether oxygens (including phenoxy) is 1. The number of hydrogen-bond acceptors (Lipinski definition) is 6. The summed E-state index contributed by atoms with van der Waals surface area (Å²) in [4.78, 5) is 12.1. The number of nitrogens with one attached hydrogen (secondary N) is 1. The molecule has 3 heterocycles. The molecule has 0 unspecified atom stereocenters. The zero-order valence-corrected chi connectivity index (χ0v) is 12.4. The van der Waals surface area contributed by atoms with Crippen molar-refractivity contribution in [2.75, 3.05) is 25.2 Å². The molecule has 1 N–H and O–H groups in total. The highest BCUT2D eigenvalue weighted by atomic mass is 32.2. The standard InChI is InChI=1S/C14H16N2O4S/c1-18-14(4-6-21-9-14)8-15-13(17)10-7-12(20-16-10)11-3-2-5-19-11/h2-3,5,7H,4,6,8-9H2,1H3,(H,15,17)/t14-/m1/s1. The van der Waals surface area contributed by atoms with Crippen molar-refractivity contribution in [3.8, 4) is 11.5 Å². The van der Waals surface area contributed by atoms with Crippen molar-refractivity contribution < 1.29 is 18.5 Å². The first-order valence-electron chi connectivity index (χ1n) is 6.64. The second-order valence-electron chi connectivity index (χ2n) is 4.93. The van der Waals surface area contributed by atoms with Gasteiger partial charge in [0, 0.05) is 25.5 Å². The molecule has 0 aliphatic carbocycles. The highest BCUT2D eigenvalue weighted by molar-refractivity contribution is 7.99. The highest BCUT2D eigenvalue weighted by Gasteiger charge is 2.35. The summed E-state index contributed by atoms with van der Waals surface area (Å²) in [6, 6.07) is 5.06. The van der Waals surface area contributed by atoms with Crippen molar-refractivity contribution in [3.05, 3.63) is 30.2 Å². The Morgan fingerprint density at radius 1 is 1.57 bits per heavy atom. The number of thioether (sulfide) groups is 1. The summed E-state index contributed by atoms with van der Waals surface area (Å²) in [6.45, 7) is 0.471. The van der Waals surface area contributed by atoms with E-state index in [1.165, 1.54) is 6.26 Å². The van der Waals surface area contributed by atoms with Crippen LogP contribution in [0.2, 0.25) is 0 Å². The first kappa shape index (κ1) is 14.2. The number of rotatable bonds is 5. The average molecular weight is 308 g/mol. The topological polar surface area (TPSA) is 77.5 Å². The normalized spacial score (nSPS) is 21.6. The van der Waals surface area contributed by atoms with Crippen molar-refractivity contribution in [2.45, 2.75) is 12.0 Å². The number of nitrogens with zero attached hydrogens (tertiary/aromatic N) is 1. The summed E-state index contributed by atoms with van der Waals surface area (Å²) in [5.41, 5.74) is -0.0354. The van der Waals surface area contributed by atoms with Crippen LogP contribution in [0.4, 0.5) is 0 Å². The first-order valence-corrected chi connectivity index (χ1v) is 7.80. The molecule has 0 spiro atoms. The molecule has 1 saturated heterocycles. The molecular formula is C14H16N2O4S. The Kier molecular flexibility index (Phi) is 4.03. The van der Waals surface area contributed by atoms with Crippen molar-refractivity contribution in [1.82, 2.24) is 10.5 Å². The second kappa shape index (κ2) is 5.95. The van der Waals surface area contributed by atoms with Gasteiger partial charge in [-0.1, -0.05) is 5.16 Å². The number of hydrogen-bond donors (Lipinski definition) is 1. The monoisotopic (exact) mass is 308 g/mol. The van der Waals surface area contributed by atoms with E-state index >= 15 is 0 Å². The van der Waals surface area contributed by atoms with Crippen LogP contribution in [-0.2, 0) is 4.74 Å². The molecule has 3 rings (SSSR count). The van der Waals surface area contributed by atoms with Gasteiger partial charge in [-0.3, -0.25) is 4.79 Å². The first-order chi connectivity index (χ1) is 10.2. The number of amides is 1. The van der Waals surface area contributed by atoms with Gasteiger partial charge < -0.3 is 19.0 Å². The van der Waals surface area contributed by atoms with E-state index in [9.17, 15) is 4.79 Å². The summed E-state index contributed by atoms with van der Waals surface area (Å²) in [7, 11) is 1.68. The van der Waals surface area contributed by atoms with Gasteiger partial charge in [0.2, 0.25) is 5.76 Å². The molecule has 1 aliphatic heterocycles. The Labute approximate surface area is 126 Å². The van der Waals surface area contributed by atoms with E-state index in [4.69, 9.17) is 13.7 Å². The zero-order chi connectivity index (χ0) is 14.7. The minimum atomic E-state index is -0.273. The molecule has 21 heavy (non-hydrogen) atoms. The van der Waals surface area contributed by atoms with Crippen LogP contribution >= 0.6 is 11.8 Å². The van der Waals surface area contributed by atoms with Gasteiger partial charge in [-0.25, -0.2) is 0 Å². The largest absolute Gasteiger partial charge is 0.461 e. The van der Waals surface area contributed by atoms with Crippen LogP contribution in [0.5, 0.6) is 0 Å². The molecule has 2 aromatic rings. The fourth-order valence-corrected chi connectivity index (χ4v) is 3.61. The third-order valence-corrected chi connectivity index (χ3v) is 4.80. The lowest BCUT2D eigenvalue weighted by atomic mass is 10.0. The maximum Gasteiger partial charge on any atom is 0.273 e. The van der Waals surface area contributed by atoms with E-state index in [1.807, 2.05) is 11.8 Å². The Morgan fingerprint density at radius 2 is 2.48 bits per heavy atom. The number of aromatic nitrogens is 1. The van der Waals surface area contributed by atoms with E-state index in [-0.39, 0.29) is 17.2 Å². The summed E-state index contributed by atoms with van der Waals surface area (Å²) in [5.74, 6) is 2.64. The number of furan rings is 1. The maximum absolute atomic E-state index is 12.1. The third kappa shape index (κ3) is 2.98. The summed E-state index contributed by atoms with van der Waals surface area (Å²) >= 11 is 1.83. The lowest BCUT2D eigenvalue weighted by Crippen LogP contribution is -2.44. The summed E-state index contributed by atoms with van der Waals surface area (Å²) < 4.78 is 15.9. The average Bonchev–Trinajstić information content (AvgIpc) is 3.25. The van der Waals surface area contributed by atoms with Gasteiger partial charge in [0.1, 0.15) is 0 Å². The van der Waals surface area contributed by atoms with Gasteiger partial charge in [-0.2, -0.15) is 11.8 Å². The van der Waals surface area contributed by atoms with Crippen LogP contribution in [0.25, 0.3) is 11.5 Å². The van der Waals surface area contributed by atoms with E-state index in [0.717, 1.165) is 17.9 Å². The van der Waals surface area contributed by atoms with E-state index in [0.29, 0.717) is 18.1 Å². The Balaban J connectivity index is 1.63. The summed E-state index contributed by atoms with van der Waals surface area (Å²) in [6.07, 6.45) is 2.47. The fourth-order valence-electron chi connectivity index (χ4n) is 2.21. The Morgan fingerprint density at radius 3 is 3.14 bits per heavy atom. The molecule has 6 nitrogen and oxygen atoms in total. The zero-order valence-electron chi connectivity index (χ0n) is 11.6. The van der Waals surface area contributed by atoms with Gasteiger partial charge in [0.25, 0.3) is 5.91 Å². The molecule has 0 radical (unpaired) electrons. The molecule has 0 bridgehead atoms. The van der Waals surface area contributed by atoms with Crippen molar-refractivity contribution in [1.29, 1.82) is 0 Å². The van der Waals surface area contributed by atoms with Gasteiger partial charge in [-0.05, 0) is 24.3 Å². The number of carbonyl (C=O) groups is 1. The molecular weight excluding hydrogens is 292 g/mol. The van der Waals surface area contributed by atoms with Crippen LogP contribution in [0.15, 0.2) is 33.4 Å². The lowest BCUT2D eigenvalue weighted by Gasteiger charge is -2.26. The van der Waals surface area contributed by atoms with Gasteiger partial charge in [0.05, 0.1) is 11.9 Å². The van der Waals surface area contributed by atoms with E-state index < -0.39 is 0 Å². The van der Waals surface area contributed by atoms with Crippen LogP contribution in [0.3, 0.4) is 0 Å². The highest BCUT2D eigenvalue weighted by Crippen LogP contribution is 2.30. The van der Waals surface area contributed by atoms with Gasteiger partial charge in [-0.15, -0.1) is 0 Å². The Hall–Kier alpha value is -1.73. The molecule has 2 aromatic heterocycles. The minimum Gasteiger partial charge on any atom is -0.461 e. The number of carbonyl (C=O) groups excluding carboxylic acids is 1. The van der Waals surface area contributed by atoms with Crippen molar-refractivity contribution >= 4 is 17.7 Å². The van der Waals surface area contributed by atoms with Crippen LogP contribution in [0, 0.1) is 0 Å². The minimum absolute atomic E-state index is 0.235. The maximum atomic E-state index is 12.1. The number of methoxy groups -OCH3 is 1. The molecule has 1 aliphatic rings. The Bertz CT molecular complexity index is 602. The molecule has 1 fully saturated rings. The lowest BCUT2D eigenvalue weighted by molar-refractivity contribution is 0.0136.